The Morgan fingerprint density at radius 2 is 1.73 bits per heavy atom. The molecule has 0 unspecified atom stereocenters. The minimum Gasteiger partial charge on any atom is -0.454 e. The first-order chi connectivity index (χ1) is 10.9. The summed E-state index contributed by atoms with van der Waals surface area (Å²) in [5, 5.41) is 3.39. The molecule has 0 radical (unpaired) electrons. The molecule has 4 heteroatoms. The average molecular weight is 294 g/mol. The van der Waals surface area contributed by atoms with E-state index in [0.717, 1.165) is 31.0 Å². The zero-order valence-electron chi connectivity index (χ0n) is 12.3. The van der Waals surface area contributed by atoms with Crippen LogP contribution in [-0.4, -0.2) is 17.7 Å². The Labute approximate surface area is 129 Å². The summed E-state index contributed by atoms with van der Waals surface area (Å²) in [5.41, 5.74) is 4.36. The van der Waals surface area contributed by atoms with Gasteiger partial charge in [0.2, 0.25) is 6.79 Å². The second kappa shape index (κ2) is 5.73. The van der Waals surface area contributed by atoms with Crippen molar-refractivity contribution in [1.29, 1.82) is 0 Å². The highest BCUT2D eigenvalue weighted by Crippen LogP contribution is 2.30. The van der Waals surface area contributed by atoms with Crippen LogP contribution in [0, 0.1) is 0 Å². The largest absolute Gasteiger partial charge is 0.454 e. The molecule has 0 bridgehead atoms. The highest BCUT2D eigenvalue weighted by atomic mass is 16.7. The van der Waals surface area contributed by atoms with Gasteiger partial charge in [0, 0.05) is 24.5 Å². The smallest absolute Gasteiger partial charge is 0.231 e. The molecule has 22 heavy (non-hydrogen) atoms. The first-order valence-corrected chi connectivity index (χ1v) is 7.54. The summed E-state index contributed by atoms with van der Waals surface area (Å²) in [6, 6.07) is 14.0. The Kier molecular flexibility index (Phi) is 3.45. The molecule has 1 aromatic carbocycles. The predicted molar refractivity (Wildman–Crippen MR) is 85.4 cm³/mol. The molecule has 0 fully saturated rings. The average Bonchev–Trinajstić information content (AvgIpc) is 3.19. The molecular weight excluding hydrogens is 276 g/mol. The number of hydrogen-bond donors (Lipinski definition) is 1. The van der Waals surface area contributed by atoms with Gasteiger partial charge in [-0.25, -0.2) is 0 Å². The Bertz CT molecular complexity index is 772. The van der Waals surface area contributed by atoms with Gasteiger partial charge in [-0.15, -0.1) is 0 Å². The zero-order chi connectivity index (χ0) is 14.8. The van der Waals surface area contributed by atoms with Crippen molar-refractivity contribution in [1.82, 2.24) is 9.72 Å². The van der Waals surface area contributed by atoms with Gasteiger partial charge in [0.05, 0.1) is 0 Å². The lowest BCUT2D eigenvalue weighted by Crippen LogP contribution is -2.22. The fourth-order valence-corrected chi connectivity index (χ4v) is 2.96. The van der Waals surface area contributed by atoms with E-state index in [-0.39, 0.29) is 0 Å². The van der Waals surface area contributed by atoms with Crippen LogP contribution in [0.4, 0.5) is 0 Å². The predicted octanol–water partition coefficient (Wildman–Crippen LogP) is 3.00. The van der Waals surface area contributed by atoms with E-state index < -0.39 is 0 Å². The van der Waals surface area contributed by atoms with Gasteiger partial charge in [-0.2, -0.15) is 0 Å². The van der Waals surface area contributed by atoms with Crippen molar-refractivity contribution in [3.8, 4) is 11.5 Å². The summed E-state index contributed by atoms with van der Waals surface area (Å²) >= 11 is 0. The molecule has 2 aromatic heterocycles. The van der Waals surface area contributed by atoms with Crippen LogP contribution in [0.25, 0.3) is 5.52 Å². The Morgan fingerprint density at radius 1 is 0.955 bits per heavy atom. The van der Waals surface area contributed by atoms with Crippen molar-refractivity contribution in [2.75, 3.05) is 13.3 Å². The molecule has 0 spiro atoms. The van der Waals surface area contributed by atoms with Crippen LogP contribution in [0.5, 0.6) is 11.5 Å². The van der Waals surface area contributed by atoms with Crippen LogP contribution < -0.4 is 14.8 Å². The Balaban J connectivity index is 0.000000122. The zero-order valence-corrected chi connectivity index (χ0v) is 12.3. The van der Waals surface area contributed by atoms with Gasteiger partial charge in [0.15, 0.2) is 11.5 Å². The lowest BCUT2D eigenvalue weighted by atomic mass is 10.1. The lowest BCUT2D eigenvalue weighted by Gasteiger charge is -2.12. The van der Waals surface area contributed by atoms with Gasteiger partial charge in [-0.3, -0.25) is 0 Å². The van der Waals surface area contributed by atoms with Crippen molar-refractivity contribution in [3.63, 3.8) is 0 Å². The molecule has 4 heterocycles. The molecule has 5 rings (SSSR count). The minimum absolute atomic E-state index is 0.360. The maximum Gasteiger partial charge on any atom is 0.231 e. The van der Waals surface area contributed by atoms with Crippen LogP contribution in [0.2, 0.25) is 0 Å². The van der Waals surface area contributed by atoms with E-state index in [1.807, 2.05) is 24.3 Å². The van der Waals surface area contributed by atoms with Crippen molar-refractivity contribution >= 4 is 5.52 Å². The van der Waals surface area contributed by atoms with Crippen molar-refractivity contribution < 1.29 is 9.47 Å². The van der Waals surface area contributed by atoms with E-state index in [4.69, 9.17) is 9.47 Å². The molecule has 0 aliphatic carbocycles. The number of pyridine rings is 1. The number of aromatic nitrogens is 1. The van der Waals surface area contributed by atoms with Crippen LogP contribution in [0.3, 0.4) is 0 Å². The number of ether oxygens (including phenoxy) is 2. The summed E-state index contributed by atoms with van der Waals surface area (Å²) < 4.78 is 12.4. The molecule has 2 aliphatic heterocycles. The third-order valence-corrected chi connectivity index (χ3v) is 4.03. The molecule has 0 atom stereocenters. The van der Waals surface area contributed by atoms with Crippen LogP contribution >= 0.6 is 0 Å². The third-order valence-electron chi connectivity index (χ3n) is 4.03. The van der Waals surface area contributed by atoms with Crippen LogP contribution in [0.1, 0.15) is 11.1 Å². The maximum atomic E-state index is 5.08. The fraction of sp³-hybridized carbons (Fsp3) is 0.222. The summed E-state index contributed by atoms with van der Waals surface area (Å²) in [7, 11) is 0. The molecular formula is C18H18N2O2. The maximum absolute atomic E-state index is 5.08. The van der Waals surface area contributed by atoms with Crippen molar-refractivity contribution in [2.45, 2.75) is 13.0 Å². The fourth-order valence-electron chi connectivity index (χ4n) is 2.96. The van der Waals surface area contributed by atoms with Gasteiger partial charge >= 0.3 is 0 Å². The van der Waals surface area contributed by atoms with Crippen molar-refractivity contribution in [3.05, 3.63) is 66.0 Å². The molecule has 0 saturated heterocycles. The molecule has 0 saturated carbocycles. The van der Waals surface area contributed by atoms with Crippen LogP contribution in [-0.2, 0) is 13.0 Å². The number of benzene rings is 1. The topological polar surface area (TPSA) is 34.9 Å². The third kappa shape index (κ3) is 2.42. The Morgan fingerprint density at radius 3 is 2.55 bits per heavy atom. The van der Waals surface area contributed by atoms with Gasteiger partial charge in [0.25, 0.3) is 0 Å². The highest BCUT2D eigenvalue weighted by Gasteiger charge is 2.13. The van der Waals surface area contributed by atoms with Gasteiger partial charge in [-0.1, -0.05) is 18.2 Å². The number of para-hydroxylation sites is 2. The van der Waals surface area contributed by atoms with E-state index in [1.54, 1.807) is 0 Å². The molecule has 0 amide bonds. The van der Waals surface area contributed by atoms with E-state index in [1.165, 1.54) is 16.6 Å². The molecule has 2 aliphatic rings. The molecule has 4 nitrogen and oxygen atoms in total. The van der Waals surface area contributed by atoms with Crippen LogP contribution in [0.15, 0.2) is 54.9 Å². The standard InChI is InChI=1S/C11H12N2.C7H6O2/c1-2-6-13-8-9-7-12-5-4-10(9)11(13)3-1;1-2-4-7-6(3-1)8-5-9-7/h1-3,6,8,12H,4-5,7H2;1-4H,5H2. The number of hydrogen-bond acceptors (Lipinski definition) is 3. The quantitative estimate of drug-likeness (QED) is 0.692. The monoisotopic (exact) mass is 294 g/mol. The number of rotatable bonds is 0. The van der Waals surface area contributed by atoms with Crippen molar-refractivity contribution in [2.24, 2.45) is 0 Å². The molecule has 112 valence electrons. The van der Waals surface area contributed by atoms with Gasteiger partial charge in [0.1, 0.15) is 0 Å². The van der Waals surface area contributed by atoms with Gasteiger partial charge in [-0.05, 0) is 48.4 Å². The second-order valence-electron chi connectivity index (χ2n) is 5.41. The SMILES string of the molecule is c1ccc2c(c1)OCO2.c1ccn2cc3c(c2c1)CCNC3. The van der Waals surface area contributed by atoms with E-state index >= 15 is 0 Å². The molecule has 3 aromatic rings. The molecule has 1 N–H and O–H groups in total. The Hall–Kier alpha value is -2.46. The number of nitrogens with one attached hydrogen (secondary N) is 1. The summed E-state index contributed by atoms with van der Waals surface area (Å²) in [6.45, 7) is 2.50. The van der Waals surface area contributed by atoms with E-state index in [2.05, 4.69) is 40.3 Å². The summed E-state index contributed by atoms with van der Waals surface area (Å²) in [5.74, 6) is 1.69. The van der Waals surface area contributed by atoms with E-state index in [0.29, 0.717) is 6.79 Å². The highest BCUT2D eigenvalue weighted by molar-refractivity contribution is 5.59. The lowest BCUT2D eigenvalue weighted by molar-refractivity contribution is 0.174. The first kappa shape index (κ1) is 13.2. The van der Waals surface area contributed by atoms with Gasteiger partial charge < -0.3 is 19.2 Å². The van der Waals surface area contributed by atoms with E-state index in [9.17, 15) is 0 Å². The first-order valence-electron chi connectivity index (χ1n) is 7.54. The minimum atomic E-state index is 0.360. The summed E-state index contributed by atoms with van der Waals surface area (Å²) in [4.78, 5) is 0. The second-order valence-corrected chi connectivity index (χ2v) is 5.41. The number of fused-ring (bicyclic) bond motifs is 4. The number of nitrogens with zero attached hydrogens (tertiary/aromatic N) is 1. The summed E-state index contributed by atoms with van der Waals surface area (Å²) in [6.07, 6.45) is 5.51. The normalized spacial score (nSPS) is 15.1.